The zero-order chi connectivity index (χ0) is 23.6. The standard InChI is InChI=1S/C18H32N4O7S/c1-5-9(4)14(18(28)29)22-16(26)11(6-12(23)24)20-17(27)13(8(2)3)21-15(25)10(19)7-30/h8-11,13-14,30H,5-7,19H2,1-4H3,(H,20,27)(H,21,25)(H,22,26)(H,23,24)(H,28,29). The molecule has 7 N–H and O–H groups in total. The molecule has 0 saturated carbocycles. The highest BCUT2D eigenvalue weighted by Crippen LogP contribution is 2.09. The van der Waals surface area contributed by atoms with E-state index in [1.165, 1.54) is 0 Å². The third-order valence-corrected chi connectivity index (χ3v) is 4.96. The highest BCUT2D eigenvalue weighted by atomic mass is 32.1. The molecule has 0 spiro atoms. The largest absolute Gasteiger partial charge is 0.481 e. The number of carbonyl (C=O) groups is 5. The van der Waals surface area contributed by atoms with Crippen molar-refractivity contribution < 1.29 is 34.2 Å². The predicted molar refractivity (Wildman–Crippen MR) is 112 cm³/mol. The van der Waals surface area contributed by atoms with Gasteiger partial charge in [0.25, 0.3) is 0 Å². The molecule has 30 heavy (non-hydrogen) atoms. The molecule has 3 amide bonds. The van der Waals surface area contributed by atoms with Crippen LogP contribution in [-0.2, 0) is 24.0 Å². The summed E-state index contributed by atoms with van der Waals surface area (Å²) in [5, 5.41) is 25.4. The van der Waals surface area contributed by atoms with Gasteiger partial charge in [-0.25, -0.2) is 4.79 Å². The Bertz CT molecular complexity index is 644. The third kappa shape index (κ3) is 8.99. The zero-order valence-corrected chi connectivity index (χ0v) is 18.4. The lowest BCUT2D eigenvalue weighted by atomic mass is 9.98. The lowest BCUT2D eigenvalue weighted by Gasteiger charge is -2.27. The number of carboxylic acids is 2. The Morgan fingerprint density at radius 3 is 1.83 bits per heavy atom. The SMILES string of the molecule is CCC(C)C(NC(=O)C(CC(=O)O)NC(=O)C(NC(=O)C(N)CS)C(C)C)C(=O)O. The second kappa shape index (κ2) is 13.1. The van der Waals surface area contributed by atoms with E-state index in [0.717, 1.165) is 0 Å². The lowest BCUT2D eigenvalue weighted by Crippen LogP contribution is -2.59. The minimum atomic E-state index is -1.53. The van der Waals surface area contributed by atoms with E-state index in [4.69, 9.17) is 10.8 Å². The molecule has 0 saturated heterocycles. The van der Waals surface area contributed by atoms with Gasteiger partial charge >= 0.3 is 11.9 Å². The molecule has 11 nitrogen and oxygen atoms in total. The smallest absolute Gasteiger partial charge is 0.326 e. The molecule has 0 heterocycles. The fourth-order valence-electron chi connectivity index (χ4n) is 2.46. The average molecular weight is 449 g/mol. The van der Waals surface area contributed by atoms with Crippen LogP contribution in [0, 0.1) is 11.8 Å². The highest BCUT2D eigenvalue weighted by Gasteiger charge is 2.33. The summed E-state index contributed by atoms with van der Waals surface area (Å²) >= 11 is 3.92. The van der Waals surface area contributed by atoms with E-state index in [9.17, 15) is 29.1 Å². The van der Waals surface area contributed by atoms with Crippen molar-refractivity contribution in [3.63, 3.8) is 0 Å². The molecule has 0 rings (SSSR count). The molecule has 0 aromatic heterocycles. The lowest BCUT2D eigenvalue weighted by molar-refractivity contribution is -0.144. The van der Waals surface area contributed by atoms with Gasteiger partial charge in [0, 0.05) is 5.75 Å². The Hall–Kier alpha value is -2.34. The second-order valence-corrected chi connectivity index (χ2v) is 7.75. The first kappa shape index (κ1) is 27.7. The van der Waals surface area contributed by atoms with Crippen LogP contribution in [0.4, 0.5) is 0 Å². The summed E-state index contributed by atoms with van der Waals surface area (Å²) in [6, 6.07) is -4.81. The van der Waals surface area contributed by atoms with Gasteiger partial charge in [0.1, 0.15) is 18.1 Å². The normalized spacial score (nSPS) is 16.0. The Morgan fingerprint density at radius 1 is 0.900 bits per heavy atom. The molecule has 0 aliphatic heterocycles. The summed E-state index contributed by atoms with van der Waals surface area (Å²) < 4.78 is 0. The van der Waals surface area contributed by atoms with Crippen molar-refractivity contribution in [3.8, 4) is 0 Å². The fraction of sp³-hybridized carbons (Fsp3) is 0.722. The molecular weight excluding hydrogens is 416 g/mol. The first-order chi connectivity index (χ1) is 13.8. The van der Waals surface area contributed by atoms with Crippen molar-refractivity contribution in [2.75, 3.05) is 5.75 Å². The van der Waals surface area contributed by atoms with Crippen LogP contribution in [0.15, 0.2) is 0 Å². The Morgan fingerprint density at radius 2 is 1.43 bits per heavy atom. The van der Waals surface area contributed by atoms with Gasteiger partial charge in [-0.3, -0.25) is 19.2 Å². The summed E-state index contributed by atoms with van der Waals surface area (Å²) in [4.78, 5) is 59.8. The number of amides is 3. The van der Waals surface area contributed by atoms with E-state index in [1.54, 1.807) is 27.7 Å². The maximum atomic E-state index is 12.7. The summed E-state index contributed by atoms with van der Waals surface area (Å²) in [6.07, 6.45) is -0.306. The van der Waals surface area contributed by atoms with Crippen molar-refractivity contribution in [2.24, 2.45) is 17.6 Å². The van der Waals surface area contributed by atoms with Gasteiger partial charge in [0.15, 0.2) is 0 Å². The number of carboxylic acid groups (broad SMARTS) is 2. The van der Waals surface area contributed by atoms with Gasteiger partial charge < -0.3 is 31.9 Å². The van der Waals surface area contributed by atoms with Crippen LogP contribution in [0.5, 0.6) is 0 Å². The number of rotatable bonds is 13. The maximum absolute atomic E-state index is 12.7. The number of nitrogens with one attached hydrogen (secondary N) is 3. The van der Waals surface area contributed by atoms with E-state index < -0.39 is 72.1 Å². The monoisotopic (exact) mass is 448 g/mol. The Kier molecular flexibility index (Phi) is 12.0. The zero-order valence-electron chi connectivity index (χ0n) is 17.5. The molecule has 0 bridgehead atoms. The molecule has 5 unspecified atom stereocenters. The van der Waals surface area contributed by atoms with Gasteiger partial charge in [-0.1, -0.05) is 34.1 Å². The molecule has 0 aliphatic rings. The van der Waals surface area contributed by atoms with Gasteiger partial charge in [-0.2, -0.15) is 12.6 Å². The topological polar surface area (TPSA) is 188 Å². The van der Waals surface area contributed by atoms with Gasteiger partial charge in [-0.15, -0.1) is 0 Å². The van der Waals surface area contributed by atoms with Gasteiger partial charge in [0.05, 0.1) is 12.5 Å². The molecule has 12 heteroatoms. The van der Waals surface area contributed by atoms with Crippen LogP contribution in [0.25, 0.3) is 0 Å². The highest BCUT2D eigenvalue weighted by molar-refractivity contribution is 7.80. The van der Waals surface area contributed by atoms with E-state index in [-0.39, 0.29) is 5.75 Å². The Balaban J connectivity index is 5.48. The molecule has 0 fully saturated rings. The number of carbonyl (C=O) groups excluding carboxylic acids is 3. The van der Waals surface area contributed by atoms with Crippen molar-refractivity contribution >= 4 is 42.3 Å². The number of thiol groups is 1. The minimum absolute atomic E-state index is 0.0501. The predicted octanol–water partition coefficient (Wildman–Crippen LogP) is -1.04. The van der Waals surface area contributed by atoms with Gasteiger partial charge in [-0.05, 0) is 11.8 Å². The van der Waals surface area contributed by atoms with Crippen LogP contribution in [0.1, 0.15) is 40.5 Å². The average Bonchev–Trinajstić information content (AvgIpc) is 2.66. The van der Waals surface area contributed by atoms with Crippen LogP contribution >= 0.6 is 12.6 Å². The van der Waals surface area contributed by atoms with E-state index in [1.807, 2.05) is 0 Å². The molecule has 5 atom stereocenters. The van der Waals surface area contributed by atoms with Crippen molar-refractivity contribution in [1.82, 2.24) is 16.0 Å². The van der Waals surface area contributed by atoms with E-state index >= 15 is 0 Å². The number of hydrogen-bond donors (Lipinski definition) is 7. The minimum Gasteiger partial charge on any atom is -0.481 e. The summed E-state index contributed by atoms with van der Waals surface area (Å²) in [5.74, 6) is -5.77. The number of nitrogens with two attached hydrogens (primary N) is 1. The second-order valence-electron chi connectivity index (χ2n) is 7.39. The summed E-state index contributed by atoms with van der Waals surface area (Å²) in [7, 11) is 0. The van der Waals surface area contributed by atoms with E-state index in [0.29, 0.717) is 6.42 Å². The molecule has 0 radical (unpaired) electrons. The van der Waals surface area contributed by atoms with Crippen molar-refractivity contribution in [1.29, 1.82) is 0 Å². The van der Waals surface area contributed by atoms with Crippen LogP contribution < -0.4 is 21.7 Å². The van der Waals surface area contributed by atoms with Crippen LogP contribution in [0.3, 0.4) is 0 Å². The molecule has 0 aromatic carbocycles. The quantitative estimate of drug-likeness (QED) is 0.174. The Labute approximate surface area is 180 Å². The first-order valence-corrected chi connectivity index (χ1v) is 10.2. The number of hydrogen-bond acceptors (Lipinski definition) is 7. The molecule has 0 aromatic rings. The fourth-order valence-corrected chi connectivity index (χ4v) is 2.63. The molecule has 172 valence electrons. The third-order valence-electron chi connectivity index (χ3n) is 4.57. The van der Waals surface area contributed by atoms with Crippen molar-refractivity contribution in [3.05, 3.63) is 0 Å². The first-order valence-electron chi connectivity index (χ1n) is 9.57. The maximum Gasteiger partial charge on any atom is 0.326 e. The van der Waals surface area contributed by atoms with Gasteiger partial charge in [0.2, 0.25) is 17.7 Å². The van der Waals surface area contributed by atoms with Crippen molar-refractivity contribution in [2.45, 2.75) is 64.7 Å². The number of aliphatic carboxylic acids is 2. The van der Waals surface area contributed by atoms with Crippen LogP contribution in [-0.4, -0.2) is 69.8 Å². The van der Waals surface area contributed by atoms with Crippen LogP contribution in [0.2, 0.25) is 0 Å². The molecular formula is C18H32N4O7S. The molecule has 0 aliphatic carbocycles. The summed E-state index contributed by atoms with van der Waals surface area (Å²) in [5.41, 5.74) is 5.59. The summed E-state index contributed by atoms with van der Waals surface area (Å²) in [6.45, 7) is 6.66. The van der Waals surface area contributed by atoms with E-state index in [2.05, 4.69) is 28.6 Å².